The molecule has 11 N–H and O–H groups in total. The number of aliphatic carboxylic acids is 1. The largest absolute Gasteiger partial charge is 0.480 e. The number of aliphatic hydroxyl groups is 1. The maximum absolute atomic E-state index is 13.1. The van der Waals surface area contributed by atoms with E-state index in [1.807, 2.05) is 0 Å². The molecule has 15 heteroatoms. The molecule has 0 aliphatic heterocycles. The lowest BCUT2D eigenvalue weighted by molar-refractivity contribution is -0.142. The summed E-state index contributed by atoms with van der Waals surface area (Å²) in [6.07, 6.45) is 1.13. The van der Waals surface area contributed by atoms with Crippen LogP contribution in [-0.4, -0.2) is 95.6 Å². The van der Waals surface area contributed by atoms with Crippen LogP contribution in [0.2, 0.25) is 0 Å². The molecule has 0 spiro atoms. The Morgan fingerprint density at radius 2 is 1.40 bits per heavy atom. The van der Waals surface area contributed by atoms with E-state index < -0.39 is 78.9 Å². The SMILES string of the molecule is CC(C)[C@H](N)C(=O)NCC(=O)N[C@@H](CO)C(=O)N[C@@H](CCCCN)C(=O)N[C@@H](C)C(=O)N[C@@H](Cc1ccccc1)C(=O)O. The van der Waals surface area contributed by atoms with Crippen LogP contribution in [-0.2, 0) is 35.2 Å². The van der Waals surface area contributed by atoms with Crippen LogP contribution < -0.4 is 38.1 Å². The van der Waals surface area contributed by atoms with Crippen LogP contribution in [0.1, 0.15) is 45.6 Å². The van der Waals surface area contributed by atoms with Crippen LogP contribution in [0, 0.1) is 5.92 Å². The van der Waals surface area contributed by atoms with E-state index in [2.05, 4.69) is 26.6 Å². The number of nitrogens with one attached hydrogen (secondary N) is 5. The zero-order valence-corrected chi connectivity index (χ0v) is 24.8. The molecule has 43 heavy (non-hydrogen) atoms. The Labute approximate surface area is 250 Å². The molecule has 240 valence electrons. The van der Waals surface area contributed by atoms with E-state index in [0.29, 0.717) is 24.9 Å². The summed E-state index contributed by atoms with van der Waals surface area (Å²) in [6, 6.07) is 2.87. The maximum Gasteiger partial charge on any atom is 0.326 e. The highest BCUT2D eigenvalue weighted by atomic mass is 16.4. The zero-order chi connectivity index (χ0) is 32.5. The van der Waals surface area contributed by atoms with Crippen molar-refractivity contribution in [3.8, 4) is 0 Å². The van der Waals surface area contributed by atoms with Crippen LogP contribution in [0.4, 0.5) is 0 Å². The Morgan fingerprint density at radius 1 is 0.791 bits per heavy atom. The minimum Gasteiger partial charge on any atom is -0.480 e. The fourth-order valence-electron chi connectivity index (χ4n) is 3.79. The van der Waals surface area contributed by atoms with E-state index in [0.717, 1.165) is 0 Å². The van der Waals surface area contributed by atoms with E-state index in [1.165, 1.54) is 6.92 Å². The van der Waals surface area contributed by atoms with Crippen molar-refractivity contribution in [3.05, 3.63) is 35.9 Å². The van der Waals surface area contributed by atoms with Gasteiger partial charge >= 0.3 is 5.97 Å². The van der Waals surface area contributed by atoms with Gasteiger partial charge in [0, 0.05) is 6.42 Å². The van der Waals surface area contributed by atoms with Crippen molar-refractivity contribution in [1.29, 1.82) is 0 Å². The number of benzene rings is 1. The van der Waals surface area contributed by atoms with Gasteiger partial charge in [0.15, 0.2) is 0 Å². The number of aliphatic hydroxyl groups excluding tert-OH is 1. The van der Waals surface area contributed by atoms with Crippen LogP contribution in [0.15, 0.2) is 30.3 Å². The molecular formula is C28H45N7O8. The molecule has 0 radical (unpaired) electrons. The van der Waals surface area contributed by atoms with Crippen molar-refractivity contribution in [1.82, 2.24) is 26.6 Å². The van der Waals surface area contributed by atoms with Crippen molar-refractivity contribution >= 4 is 35.5 Å². The number of nitrogens with two attached hydrogens (primary N) is 2. The highest BCUT2D eigenvalue weighted by Crippen LogP contribution is 2.06. The first-order chi connectivity index (χ1) is 20.3. The van der Waals surface area contributed by atoms with Crippen LogP contribution in [0.25, 0.3) is 0 Å². The molecule has 0 saturated carbocycles. The number of carbonyl (C=O) groups is 6. The fraction of sp³-hybridized carbons (Fsp3) is 0.571. The quantitative estimate of drug-likeness (QED) is 0.0747. The number of carboxylic acid groups (broad SMARTS) is 1. The zero-order valence-electron chi connectivity index (χ0n) is 24.8. The van der Waals surface area contributed by atoms with E-state index in [1.54, 1.807) is 44.2 Å². The van der Waals surface area contributed by atoms with E-state index >= 15 is 0 Å². The number of carboxylic acids is 1. The molecule has 0 heterocycles. The number of unbranched alkanes of at least 4 members (excludes halogenated alkanes) is 1. The molecule has 1 rings (SSSR count). The van der Waals surface area contributed by atoms with Gasteiger partial charge in [-0.1, -0.05) is 44.2 Å². The van der Waals surface area contributed by atoms with E-state index in [-0.39, 0.29) is 18.8 Å². The minimum absolute atomic E-state index is 0.0306. The van der Waals surface area contributed by atoms with Crippen LogP contribution >= 0.6 is 0 Å². The highest BCUT2D eigenvalue weighted by Gasteiger charge is 2.29. The second-order valence-corrected chi connectivity index (χ2v) is 10.5. The lowest BCUT2D eigenvalue weighted by atomic mass is 10.1. The Hall–Kier alpha value is -4.08. The average molecular weight is 608 g/mol. The number of amides is 5. The number of hydrogen-bond donors (Lipinski definition) is 9. The summed E-state index contributed by atoms with van der Waals surface area (Å²) in [4.78, 5) is 74.7. The molecule has 0 unspecified atom stereocenters. The number of hydrogen-bond acceptors (Lipinski definition) is 9. The summed E-state index contributed by atoms with van der Waals surface area (Å²) in [7, 11) is 0. The van der Waals surface area contributed by atoms with Gasteiger partial charge in [-0.2, -0.15) is 0 Å². The van der Waals surface area contributed by atoms with Crippen molar-refractivity contribution in [2.45, 2.75) is 76.7 Å². The molecule has 1 aromatic rings. The average Bonchev–Trinajstić information content (AvgIpc) is 2.97. The summed E-state index contributed by atoms with van der Waals surface area (Å²) in [5.74, 6) is -5.09. The molecule has 0 bridgehead atoms. The van der Waals surface area contributed by atoms with Gasteiger partial charge in [0.05, 0.1) is 19.2 Å². The Kier molecular flexibility index (Phi) is 16.5. The first kappa shape index (κ1) is 36.9. The summed E-state index contributed by atoms with van der Waals surface area (Å²) in [6.45, 7) is 3.89. The lowest BCUT2D eigenvalue weighted by Crippen LogP contribution is -2.58. The second-order valence-electron chi connectivity index (χ2n) is 10.5. The third kappa shape index (κ3) is 13.6. The number of carbonyl (C=O) groups excluding carboxylic acids is 5. The minimum atomic E-state index is -1.44. The highest BCUT2D eigenvalue weighted by molar-refractivity contribution is 5.95. The molecular weight excluding hydrogens is 562 g/mol. The molecule has 0 aliphatic carbocycles. The van der Waals surface area contributed by atoms with Gasteiger partial charge in [-0.05, 0) is 44.2 Å². The van der Waals surface area contributed by atoms with Gasteiger partial charge in [-0.15, -0.1) is 0 Å². The molecule has 0 aromatic heterocycles. The smallest absolute Gasteiger partial charge is 0.326 e. The predicted molar refractivity (Wildman–Crippen MR) is 157 cm³/mol. The first-order valence-electron chi connectivity index (χ1n) is 14.1. The molecule has 0 fully saturated rings. The summed E-state index contributed by atoms with van der Waals surface area (Å²) in [5, 5.41) is 31.2. The third-order valence-corrected chi connectivity index (χ3v) is 6.51. The first-order valence-corrected chi connectivity index (χ1v) is 14.1. The second kappa shape index (κ2) is 19.2. The monoisotopic (exact) mass is 607 g/mol. The Morgan fingerprint density at radius 3 is 1.95 bits per heavy atom. The fourth-order valence-corrected chi connectivity index (χ4v) is 3.79. The van der Waals surface area contributed by atoms with Gasteiger partial charge in [0.1, 0.15) is 24.2 Å². The molecule has 1 aromatic carbocycles. The van der Waals surface area contributed by atoms with E-state index in [9.17, 15) is 39.0 Å². The Balaban J connectivity index is 2.82. The van der Waals surface area contributed by atoms with Crippen LogP contribution in [0.5, 0.6) is 0 Å². The number of rotatable bonds is 19. The topological polar surface area (TPSA) is 255 Å². The van der Waals surface area contributed by atoms with Gasteiger partial charge in [-0.3, -0.25) is 24.0 Å². The van der Waals surface area contributed by atoms with Crippen molar-refractivity contribution in [2.24, 2.45) is 17.4 Å². The molecule has 15 nitrogen and oxygen atoms in total. The molecule has 0 saturated heterocycles. The van der Waals surface area contributed by atoms with E-state index in [4.69, 9.17) is 11.5 Å². The summed E-state index contributed by atoms with van der Waals surface area (Å²) < 4.78 is 0. The predicted octanol–water partition coefficient (Wildman–Crippen LogP) is -2.51. The van der Waals surface area contributed by atoms with Crippen molar-refractivity contribution in [3.63, 3.8) is 0 Å². The standard InChI is InChI=1S/C28H45N7O8/c1-16(2)23(30)27(41)31-14-22(37)33-21(15-36)26(40)34-19(11-7-8-12-29)25(39)32-17(3)24(38)35-20(28(42)43)13-18-9-5-4-6-10-18/h4-6,9-10,16-17,19-21,23,36H,7-8,11-15,29-30H2,1-3H3,(H,31,41)(H,32,39)(H,33,37)(H,34,40)(H,35,38)(H,42,43)/t17-,19-,20-,21-,23-/m0/s1. The third-order valence-electron chi connectivity index (χ3n) is 6.51. The molecule has 0 aliphatic rings. The van der Waals surface area contributed by atoms with Gasteiger partial charge < -0.3 is 48.3 Å². The van der Waals surface area contributed by atoms with Gasteiger partial charge in [-0.25, -0.2) is 4.79 Å². The van der Waals surface area contributed by atoms with Gasteiger partial charge in [0.25, 0.3) is 0 Å². The summed E-state index contributed by atoms with van der Waals surface area (Å²) in [5.41, 5.74) is 12.0. The van der Waals surface area contributed by atoms with Crippen LogP contribution in [0.3, 0.4) is 0 Å². The molecule has 5 amide bonds. The normalized spacial score (nSPS) is 14.4. The van der Waals surface area contributed by atoms with Gasteiger partial charge in [0.2, 0.25) is 29.5 Å². The lowest BCUT2D eigenvalue weighted by Gasteiger charge is -2.24. The maximum atomic E-state index is 13.1. The summed E-state index contributed by atoms with van der Waals surface area (Å²) >= 11 is 0. The molecule has 5 atom stereocenters. The Bertz CT molecular complexity index is 1090. The van der Waals surface area contributed by atoms with Crippen molar-refractivity contribution in [2.75, 3.05) is 19.7 Å². The van der Waals surface area contributed by atoms with Crippen molar-refractivity contribution < 1.29 is 39.0 Å².